The first-order valence-corrected chi connectivity index (χ1v) is 11.5. The van der Waals surface area contributed by atoms with Gasteiger partial charge in [0.05, 0.1) is 22.5 Å². The van der Waals surface area contributed by atoms with Crippen molar-refractivity contribution in [3.63, 3.8) is 0 Å². The molecule has 3 amide bonds. The molecule has 3 fully saturated rings. The first-order chi connectivity index (χ1) is 15.3. The first kappa shape index (κ1) is 20.2. The molecule has 0 aromatic heterocycles. The van der Waals surface area contributed by atoms with Crippen LogP contribution < -0.4 is 10.2 Å². The topological polar surface area (TPSA) is 69.7 Å². The van der Waals surface area contributed by atoms with Crippen LogP contribution in [0, 0.1) is 25.7 Å². The van der Waals surface area contributed by atoms with Gasteiger partial charge in [0.1, 0.15) is 5.54 Å². The van der Waals surface area contributed by atoms with Gasteiger partial charge in [0.2, 0.25) is 17.7 Å². The van der Waals surface area contributed by atoms with Crippen molar-refractivity contribution >= 4 is 52.3 Å². The third kappa shape index (κ3) is 2.28. The van der Waals surface area contributed by atoms with Gasteiger partial charge in [-0.3, -0.25) is 19.3 Å². The van der Waals surface area contributed by atoms with E-state index in [-0.39, 0.29) is 28.8 Å². The fourth-order valence-electron chi connectivity index (χ4n) is 6.56. The molecule has 4 aliphatic heterocycles. The second-order valence-electron chi connectivity index (χ2n) is 9.24. The summed E-state index contributed by atoms with van der Waals surface area (Å²) < 4.78 is 0. The Bertz CT molecular complexity index is 1250. The summed E-state index contributed by atoms with van der Waals surface area (Å²) in [6, 6.07) is 8.58. The van der Waals surface area contributed by atoms with E-state index in [4.69, 9.17) is 23.2 Å². The molecule has 2 aromatic carbocycles. The van der Waals surface area contributed by atoms with Gasteiger partial charge in [-0.2, -0.15) is 0 Å². The molecule has 4 heterocycles. The minimum Gasteiger partial charge on any atom is -0.324 e. The highest BCUT2D eigenvalue weighted by atomic mass is 35.5. The van der Waals surface area contributed by atoms with Crippen LogP contribution in [0.2, 0.25) is 10.0 Å². The lowest BCUT2D eigenvalue weighted by molar-refractivity contribution is -0.135. The van der Waals surface area contributed by atoms with Gasteiger partial charge in [0.25, 0.3) is 0 Å². The van der Waals surface area contributed by atoms with E-state index < -0.39 is 17.4 Å². The average molecular weight is 470 g/mol. The second kappa shape index (κ2) is 6.56. The Morgan fingerprint density at radius 2 is 1.84 bits per heavy atom. The van der Waals surface area contributed by atoms with Gasteiger partial charge in [-0.1, -0.05) is 40.9 Å². The number of amides is 3. The maximum absolute atomic E-state index is 14.0. The van der Waals surface area contributed by atoms with Gasteiger partial charge in [0, 0.05) is 22.3 Å². The van der Waals surface area contributed by atoms with E-state index in [1.807, 2.05) is 26.0 Å². The van der Waals surface area contributed by atoms with Crippen LogP contribution in [0.15, 0.2) is 30.3 Å². The van der Waals surface area contributed by atoms with Crippen molar-refractivity contribution in [2.75, 3.05) is 16.8 Å². The molecule has 4 atom stereocenters. The molecule has 0 saturated carbocycles. The molecule has 1 N–H and O–H groups in total. The summed E-state index contributed by atoms with van der Waals surface area (Å²) in [5.41, 5.74) is 2.68. The Kier molecular flexibility index (Phi) is 4.15. The van der Waals surface area contributed by atoms with Gasteiger partial charge >= 0.3 is 0 Å². The lowest BCUT2D eigenvalue weighted by Gasteiger charge is -2.37. The molecule has 0 radical (unpaired) electrons. The van der Waals surface area contributed by atoms with Crippen molar-refractivity contribution < 1.29 is 14.4 Å². The minimum absolute atomic E-state index is 0.162. The van der Waals surface area contributed by atoms with Crippen molar-refractivity contribution in [2.24, 2.45) is 11.8 Å². The number of halogens is 2. The van der Waals surface area contributed by atoms with Crippen LogP contribution in [0.1, 0.15) is 29.5 Å². The van der Waals surface area contributed by atoms with Gasteiger partial charge in [-0.15, -0.1) is 0 Å². The van der Waals surface area contributed by atoms with E-state index in [1.165, 1.54) is 11.0 Å². The van der Waals surface area contributed by atoms with E-state index in [9.17, 15) is 14.4 Å². The predicted molar refractivity (Wildman–Crippen MR) is 122 cm³/mol. The van der Waals surface area contributed by atoms with Crippen LogP contribution in [0.25, 0.3) is 0 Å². The van der Waals surface area contributed by atoms with Crippen molar-refractivity contribution in [3.8, 4) is 0 Å². The summed E-state index contributed by atoms with van der Waals surface area (Å²) in [5, 5.41) is 3.71. The van der Waals surface area contributed by atoms with Crippen LogP contribution in [0.3, 0.4) is 0 Å². The molecular weight excluding hydrogens is 449 g/mol. The zero-order chi connectivity index (χ0) is 22.5. The molecule has 4 aliphatic rings. The third-order valence-corrected chi connectivity index (χ3v) is 8.13. The van der Waals surface area contributed by atoms with E-state index in [0.717, 1.165) is 35.2 Å². The number of imide groups is 1. The number of rotatable bonds is 1. The molecule has 0 bridgehead atoms. The smallest absolute Gasteiger partial charge is 0.250 e. The molecule has 6 rings (SSSR count). The SMILES string of the molecule is Cc1cc(C)c2c(c1)[C@]1(C(=O)N2)[C@H]2C(=O)N(c3ccc(Cl)cc3Cl)C(=O)[C@@H]2[C@H]2CCCN21. The van der Waals surface area contributed by atoms with Crippen LogP contribution in [0.5, 0.6) is 0 Å². The fourth-order valence-corrected chi connectivity index (χ4v) is 7.05. The van der Waals surface area contributed by atoms with Crippen molar-refractivity contribution in [3.05, 3.63) is 57.1 Å². The normalized spacial score (nSPS) is 30.8. The highest BCUT2D eigenvalue weighted by molar-refractivity contribution is 6.38. The number of nitrogens with zero attached hydrogens (tertiary/aromatic N) is 2. The third-order valence-electron chi connectivity index (χ3n) is 7.59. The molecular formula is C24H21Cl2N3O3. The lowest BCUT2D eigenvalue weighted by atomic mass is 9.75. The second-order valence-corrected chi connectivity index (χ2v) is 10.1. The van der Waals surface area contributed by atoms with Crippen LogP contribution >= 0.6 is 23.2 Å². The summed E-state index contributed by atoms with van der Waals surface area (Å²) in [5.74, 6) is -2.26. The summed E-state index contributed by atoms with van der Waals surface area (Å²) in [6.07, 6.45) is 1.66. The maximum atomic E-state index is 14.0. The number of benzene rings is 2. The Balaban J connectivity index is 1.58. The van der Waals surface area contributed by atoms with Gasteiger partial charge in [0.15, 0.2) is 0 Å². The molecule has 2 aromatic rings. The Morgan fingerprint density at radius 3 is 2.59 bits per heavy atom. The zero-order valence-corrected chi connectivity index (χ0v) is 19.1. The molecule has 1 spiro atoms. The van der Waals surface area contributed by atoms with Crippen molar-refractivity contribution in [1.82, 2.24) is 4.90 Å². The number of nitrogens with one attached hydrogen (secondary N) is 1. The number of carbonyl (C=O) groups excluding carboxylic acids is 3. The summed E-state index contributed by atoms with van der Waals surface area (Å²) in [7, 11) is 0. The number of fused-ring (bicyclic) bond motifs is 7. The number of carbonyl (C=O) groups is 3. The number of anilines is 2. The number of aryl methyl sites for hydroxylation is 2. The summed E-state index contributed by atoms with van der Waals surface area (Å²) >= 11 is 12.4. The zero-order valence-electron chi connectivity index (χ0n) is 17.6. The first-order valence-electron chi connectivity index (χ1n) is 10.8. The molecule has 8 heteroatoms. The summed E-state index contributed by atoms with van der Waals surface area (Å²) in [6.45, 7) is 4.62. The molecule has 0 unspecified atom stereocenters. The van der Waals surface area contributed by atoms with Gasteiger partial charge in [-0.25, -0.2) is 4.90 Å². The molecule has 32 heavy (non-hydrogen) atoms. The largest absolute Gasteiger partial charge is 0.324 e. The number of hydrogen-bond acceptors (Lipinski definition) is 4. The van der Waals surface area contributed by atoms with E-state index in [1.54, 1.807) is 12.1 Å². The van der Waals surface area contributed by atoms with Gasteiger partial charge in [-0.05, 0) is 57.0 Å². The fraction of sp³-hybridized carbons (Fsp3) is 0.375. The monoisotopic (exact) mass is 469 g/mol. The van der Waals surface area contributed by atoms with Crippen LogP contribution in [-0.4, -0.2) is 35.2 Å². The highest BCUT2D eigenvalue weighted by Crippen LogP contribution is 2.61. The number of hydrogen-bond donors (Lipinski definition) is 1. The molecule has 0 aliphatic carbocycles. The Hall–Kier alpha value is -2.41. The standard InChI is InChI=1S/C24H21Cl2N3O3/c1-11-8-12(2)20-14(9-11)24(23(32)27-20)19-18(17-4-3-7-28(17)24)21(30)29(22(19)31)16-6-5-13(25)10-15(16)26/h5-6,8-10,17-19H,3-4,7H2,1-2H3,(H,27,32)/t17-,18-,19-,24-/m1/s1. The Labute approximate surface area is 195 Å². The van der Waals surface area contributed by atoms with Crippen molar-refractivity contribution in [1.29, 1.82) is 0 Å². The van der Waals surface area contributed by atoms with Crippen LogP contribution in [0.4, 0.5) is 11.4 Å². The quantitative estimate of drug-likeness (QED) is 0.639. The maximum Gasteiger partial charge on any atom is 0.250 e. The molecule has 6 nitrogen and oxygen atoms in total. The van der Waals surface area contributed by atoms with Crippen LogP contribution in [-0.2, 0) is 19.9 Å². The lowest BCUT2D eigenvalue weighted by Crippen LogP contribution is -2.54. The summed E-state index contributed by atoms with van der Waals surface area (Å²) in [4.78, 5) is 44.7. The van der Waals surface area contributed by atoms with Gasteiger partial charge < -0.3 is 5.32 Å². The van der Waals surface area contributed by atoms with E-state index in [2.05, 4.69) is 10.2 Å². The predicted octanol–water partition coefficient (Wildman–Crippen LogP) is 4.04. The van der Waals surface area contributed by atoms with Crippen molar-refractivity contribution in [2.45, 2.75) is 38.3 Å². The Morgan fingerprint density at radius 1 is 1.06 bits per heavy atom. The van der Waals surface area contributed by atoms with E-state index in [0.29, 0.717) is 17.3 Å². The minimum atomic E-state index is -1.18. The van der Waals surface area contributed by atoms with E-state index >= 15 is 0 Å². The average Bonchev–Trinajstić information content (AvgIpc) is 3.42. The highest BCUT2D eigenvalue weighted by Gasteiger charge is 2.74. The molecule has 3 saturated heterocycles. The molecule has 164 valence electrons.